The number of amides is 1. The summed E-state index contributed by atoms with van der Waals surface area (Å²) < 4.78 is 31.8. The fraction of sp³-hybridized carbons (Fsp3) is 0.333. The Kier molecular flexibility index (Phi) is 15.2. The standard InChI is InChI=1S/C24H27N3O6S4.Na.H2O.H/c1-3-4-20-18(9-10-19(15(2)28)21(20)29)14-35-24-27-26-23(36-24)34-13-16-5-7-17(8-6-16)22(30)25-11-12-37(31,32)33;;;/h5-10,29H,3-4,11-14H2,1-2H3,(H,25,30)(H,31,32,33);;1H2;. The maximum absolute atomic E-state index is 12.1. The van der Waals surface area contributed by atoms with Crippen LogP contribution in [0, 0.1) is 0 Å². The fourth-order valence-corrected chi connectivity index (χ4v) is 6.73. The van der Waals surface area contributed by atoms with Gasteiger partial charge in [0.2, 0.25) is 0 Å². The number of nitrogens with zero attached hydrogens (tertiary/aromatic N) is 2. The van der Waals surface area contributed by atoms with Gasteiger partial charge < -0.3 is 15.9 Å². The Morgan fingerprint density at radius 1 is 1.03 bits per heavy atom. The van der Waals surface area contributed by atoms with Gasteiger partial charge in [-0.05, 0) is 48.2 Å². The van der Waals surface area contributed by atoms with Crippen molar-refractivity contribution in [3.05, 3.63) is 64.2 Å². The second-order valence-electron chi connectivity index (χ2n) is 8.06. The molecule has 1 amide bonds. The summed E-state index contributed by atoms with van der Waals surface area (Å²) in [7, 11) is -4.12. The molecule has 0 atom stereocenters. The zero-order chi connectivity index (χ0) is 27.0. The number of ketones is 1. The third-order valence-electron chi connectivity index (χ3n) is 5.22. The van der Waals surface area contributed by atoms with Gasteiger partial charge in [-0.3, -0.25) is 14.1 Å². The van der Waals surface area contributed by atoms with Gasteiger partial charge >= 0.3 is 29.6 Å². The van der Waals surface area contributed by atoms with Crippen LogP contribution in [0.5, 0.6) is 5.75 Å². The van der Waals surface area contributed by atoms with E-state index < -0.39 is 21.8 Å². The van der Waals surface area contributed by atoms with Crippen LogP contribution in [0.4, 0.5) is 0 Å². The Morgan fingerprint density at radius 3 is 2.21 bits per heavy atom. The molecule has 10 nitrogen and oxygen atoms in total. The van der Waals surface area contributed by atoms with Crippen LogP contribution in [0.25, 0.3) is 0 Å². The van der Waals surface area contributed by atoms with Gasteiger partial charge in [0.25, 0.3) is 16.0 Å². The number of carbonyl (C=O) groups excluding carboxylic acids is 2. The number of benzene rings is 2. The number of aromatic nitrogens is 2. The van der Waals surface area contributed by atoms with E-state index >= 15 is 0 Å². The van der Waals surface area contributed by atoms with Crippen molar-refractivity contribution in [3.63, 3.8) is 0 Å². The Morgan fingerprint density at radius 2 is 1.64 bits per heavy atom. The molecule has 0 aliphatic heterocycles. The minimum absolute atomic E-state index is 0. The van der Waals surface area contributed by atoms with Crippen LogP contribution in [-0.4, -0.2) is 87.3 Å². The van der Waals surface area contributed by atoms with Crippen molar-refractivity contribution in [1.82, 2.24) is 15.5 Å². The molecular weight excluding hydrogens is 594 g/mol. The number of hydrogen-bond donors (Lipinski definition) is 3. The molecule has 0 aliphatic rings. The molecule has 39 heavy (non-hydrogen) atoms. The molecule has 15 heteroatoms. The van der Waals surface area contributed by atoms with Crippen LogP contribution >= 0.6 is 34.9 Å². The normalized spacial score (nSPS) is 10.8. The van der Waals surface area contributed by atoms with Gasteiger partial charge in [-0.25, -0.2) is 0 Å². The summed E-state index contributed by atoms with van der Waals surface area (Å²) in [5, 5.41) is 21.5. The van der Waals surface area contributed by atoms with E-state index in [4.69, 9.17) is 4.55 Å². The van der Waals surface area contributed by atoms with Crippen LogP contribution in [0.3, 0.4) is 0 Å². The minimum atomic E-state index is -4.12. The summed E-state index contributed by atoms with van der Waals surface area (Å²) in [6.45, 7) is 3.31. The van der Waals surface area contributed by atoms with E-state index in [0.717, 1.165) is 31.8 Å². The molecular formula is C24H30N3NaO7S4. The molecule has 0 unspecified atom stereocenters. The van der Waals surface area contributed by atoms with Crippen molar-refractivity contribution in [2.24, 2.45) is 0 Å². The summed E-state index contributed by atoms with van der Waals surface area (Å²) in [5.74, 6) is 0.194. The zero-order valence-electron chi connectivity index (χ0n) is 20.8. The molecule has 0 spiro atoms. The van der Waals surface area contributed by atoms with E-state index in [1.165, 1.54) is 41.8 Å². The quantitative estimate of drug-likeness (QED) is 0.111. The molecule has 1 aromatic heterocycles. The monoisotopic (exact) mass is 623 g/mol. The number of phenols is 1. The molecule has 0 fully saturated rings. The Hall–Kier alpha value is -1.49. The van der Waals surface area contributed by atoms with Crippen LogP contribution in [0.1, 0.15) is 57.7 Å². The molecule has 3 rings (SSSR count). The van der Waals surface area contributed by atoms with Crippen molar-refractivity contribution < 1.29 is 33.1 Å². The van der Waals surface area contributed by atoms with Crippen molar-refractivity contribution in [2.45, 2.75) is 46.9 Å². The van der Waals surface area contributed by atoms with Gasteiger partial charge in [-0.1, -0.05) is 66.4 Å². The van der Waals surface area contributed by atoms with Gasteiger partial charge in [-0.2, -0.15) is 8.42 Å². The summed E-state index contributed by atoms with van der Waals surface area (Å²) >= 11 is 4.53. The SMILES string of the molecule is CCCc1c(CSc2nnc(SCc3ccc(C(=O)NCCS(=O)(=O)O)cc3)s2)ccc(C(C)=O)c1O.O.[NaH]. The number of phenolic OH excluding ortho intramolecular Hbond substituents is 1. The van der Waals surface area contributed by atoms with E-state index in [-0.39, 0.29) is 53.1 Å². The number of thioether (sulfide) groups is 2. The molecule has 0 aliphatic carbocycles. The second-order valence-corrected chi connectivity index (χ2v) is 13.1. The Bertz CT molecular complexity index is 1370. The van der Waals surface area contributed by atoms with E-state index in [1.54, 1.807) is 18.2 Å². The molecule has 0 radical (unpaired) electrons. The first-order valence-corrected chi connectivity index (χ1v) is 15.7. The first kappa shape index (κ1) is 35.5. The van der Waals surface area contributed by atoms with Crippen LogP contribution in [0.15, 0.2) is 45.1 Å². The second kappa shape index (κ2) is 16.7. The number of Topliss-reactive ketones (excluding diaryl/α,β-unsaturated/α-hetero) is 1. The van der Waals surface area contributed by atoms with E-state index in [9.17, 15) is 23.1 Å². The van der Waals surface area contributed by atoms with E-state index in [0.29, 0.717) is 29.1 Å². The zero-order valence-corrected chi connectivity index (χ0v) is 24.0. The summed E-state index contributed by atoms with van der Waals surface area (Å²) in [4.78, 5) is 23.8. The number of hydrogen-bond acceptors (Lipinski definition) is 10. The van der Waals surface area contributed by atoms with Crippen molar-refractivity contribution in [3.8, 4) is 5.75 Å². The van der Waals surface area contributed by atoms with Crippen LogP contribution < -0.4 is 5.32 Å². The number of nitrogens with one attached hydrogen (secondary N) is 1. The topological polar surface area (TPSA) is 178 Å². The van der Waals surface area contributed by atoms with Crippen molar-refractivity contribution >= 4 is 86.2 Å². The average molecular weight is 624 g/mol. The summed E-state index contributed by atoms with van der Waals surface area (Å²) in [6, 6.07) is 10.5. The van der Waals surface area contributed by atoms with Crippen molar-refractivity contribution in [1.29, 1.82) is 0 Å². The molecule has 0 saturated carbocycles. The molecule has 5 N–H and O–H groups in total. The number of rotatable bonds is 13. The fourth-order valence-electron chi connectivity index (χ4n) is 3.37. The van der Waals surface area contributed by atoms with Gasteiger partial charge in [-0.15, -0.1) is 10.2 Å². The van der Waals surface area contributed by atoms with Crippen LogP contribution in [0.2, 0.25) is 0 Å². The van der Waals surface area contributed by atoms with Gasteiger partial charge in [0.05, 0.1) is 11.3 Å². The average Bonchev–Trinajstić information content (AvgIpc) is 3.30. The van der Waals surface area contributed by atoms with Gasteiger partial charge in [0, 0.05) is 23.6 Å². The molecule has 2 aromatic carbocycles. The molecule has 208 valence electrons. The summed E-state index contributed by atoms with van der Waals surface area (Å²) in [6.07, 6.45) is 1.54. The number of aromatic hydroxyl groups is 1. The third-order valence-corrected chi connectivity index (χ3v) is 9.25. The molecule has 3 aromatic rings. The number of carbonyl (C=O) groups is 2. The Labute approximate surface area is 262 Å². The first-order chi connectivity index (χ1) is 17.6. The summed E-state index contributed by atoms with van der Waals surface area (Å²) in [5.41, 5.74) is 3.49. The molecule has 0 saturated heterocycles. The van der Waals surface area contributed by atoms with Crippen LogP contribution in [-0.2, 0) is 28.0 Å². The predicted molar refractivity (Wildman–Crippen MR) is 157 cm³/mol. The van der Waals surface area contributed by atoms with Gasteiger partial charge in [0.15, 0.2) is 14.5 Å². The predicted octanol–water partition coefficient (Wildman–Crippen LogP) is 3.13. The Balaban J connectivity index is 0.00000380. The third kappa shape index (κ3) is 11.1. The van der Waals surface area contributed by atoms with E-state index in [2.05, 4.69) is 15.5 Å². The molecule has 1 heterocycles. The maximum atomic E-state index is 12.1. The first-order valence-electron chi connectivity index (χ1n) is 11.3. The van der Waals surface area contributed by atoms with Gasteiger partial charge in [0.1, 0.15) is 5.75 Å². The van der Waals surface area contributed by atoms with E-state index in [1.807, 2.05) is 25.1 Å². The van der Waals surface area contributed by atoms with Crippen molar-refractivity contribution in [2.75, 3.05) is 12.3 Å². The molecule has 0 bridgehead atoms.